The normalized spacial score (nSPS) is 11.8. The third kappa shape index (κ3) is 5.49. The Morgan fingerprint density at radius 3 is 1.53 bits per heavy atom. The fourth-order valence-corrected chi connectivity index (χ4v) is 9.44. The Balaban J connectivity index is 0.875. The van der Waals surface area contributed by atoms with E-state index in [9.17, 15) is 0 Å². The maximum atomic E-state index is 4.83. The molecule has 0 spiro atoms. The third-order valence-electron chi connectivity index (χ3n) is 12.4. The summed E-state index contributed by atoms with van der Waals surface area (Å²) < 4.78 is 0. The fourth-order valence-electron chi connectivity index (χ4n) is 9.44. The van der Waals surface area contributed by atoms with Gasteiger partial charge in [-0.3, -0.25) is 9.97 Å². The van der Waals surface area contributed by atoms with Crippen molar-refractivity contribution in [2.24, 2.45) is 0 Å². The van der Waals surface area contributed by atoms with Crippen molar-refractivity contribution in [1.29, 1.82) is 0 Å². The highest BCUT2D eigenvalue weighted by molar-refractivity contribution is 6.21. The van der Waals surface area contributed by atoms with Crippen LogP contribution < -0.4 is 0 Å². The lowest BCUT2D eigenvalue weighted by Gasteiger charge is -2.16. The Labute approximate surface area is 341 Å². The summed E-state index contributed by atoms with van der Waals surface area (Å²) in [5.41, 5.74) is 12.8. The van der Waals surface area contributed by atoms with Gasteiger partial charge >= 0.3 is 0 Å². The van der Waals surface area contributed by atoms with Gasteiger partial charge in [-0.15, -0.1) is 0 Å². The molecular weight excluding hydrogens is 713 g/mol. The van der Waals surface area contributed by atoms with Crippen molar-refractivity contribution in [3.05, 3.63) is 206 Å². The summed E-state index contributed by atoms with van der Waals surface area (Å²) in [6.07, 6.45) is 3.79. The zero-order chi connectivity index (χ0) is 39.0. The van der Waals surface area contributed by atoms with Crippen molar-refractivity contribution in [1.82, 2.24) is 9.97 Å². The second kappa shape index (κ2) is 13.2. The van der Waals surface area contributed by atoms with E-state index in [1.165, 1.54) is 92.8 Å². The Morgan fingerprint density at radius 1 is 0.305 bits per heavy atom. The van der Waals surface area contributed by atoms with Gasteiger partial charge < -0.3 is 0 Å². The van der Waals surface area contributed by atoms with Gasteiger partial charge in [-0.2, -0.15) is 0 Å². The molecule has 0 N–H and O–H groups in total. The van der Waals surface area contributed by atoms with Crippen LogP contribution >= 0.6 is 0 Å². The van der Waals surface area contributed by atoms with Crippen LogP contribution in [0.5, 0.6) is 0 Å². The van der Waals surface area contributed by atoms with E-state index in [2.05, 4.69) is 194 Å². The Hall–Kier alpha value is -7.68. The second-order valence-electron chi connectivity index (χ2n) is 15.8. The highest BCUT2D eigenvalue weighted by Gasteiger charge is 2.15. The van der Waals surface area contributed by atoms with Gasteiger partial charge in [-0.1, -0.05) is 158 Å². The molecule has 0 atom stereocenters. The smallest absolute Gasteiger partial charge is 0.0964 e. The zero-order valence-corrected chi connectivity index (χ0v) is 32.4. The monoisotopic (exact) mass is 748 g/mol. The highest BCUT2D eigenvalue weighted by atomic mass is 14.7. The summed E-state index contributed by atoms with van der Waals surface area (Å²) in [6, 6.07) is 69.1. The van der Waals surface area contributed by atoms with Crippen LogP contribution in [-0.4, -0.2) is 9.97 Å². The molecule has 0 radical (unpaired) electrons. The molecule has 2 nitrogen and oxygen atoms in total. The molecule has 0 saturated heterocycles. The van der Waals surface area contributed by atoms with Crippen LogP contribution in [0.2, 0.25) is 0 Å². The first-order valence-corrected chi connectivity index (χ1v) is 20.3. The SMILES string of the molecule is Cc1cccc2ccc3cccc(-c4cccc5ccc6cc(-c7ccc8cc(-c9ccc(-c%10cnc%11c(ccc%12cccnc%12%11)c%10)cc9)ccc8c7)ccc6c45)c3c12. The molecule has 2 heteroatoms. The quantitative estimate of drug-likeness (QED) is 0.168. The number of pyridine rings is 2. The molecule has 0 bridgehead atoms. The van der Waals surface area contributed by atoms with Gasteiger partial charge in [0.2, 0.25) is 0 Å². The molecule has 0 amide bonds. The van der Waals surface area contributed by atoms with Crippen LogP contribution in [0.25, 0.3) is 120 Å². The van der Waals surface area contributed by atoms with E-state index in [1.54, 1.807) is 0 Å². The standard InChI is InChI=1S/C57H36N2/c1-35-6-2-7-38-17-18-40-9-4-12-52(55(40)53(35)38)51-11-3-8-39-19-25-47-32-46(27-28-50(47)54(39)51)45-24-23-43-30-42(21-22-44(43)31-45)36-13-15-37(16-14-36)49-33-48-26-20-41-10-5-29-58-56(41)57(48)59-34-49/h2-34H,1H3. The molecule has 0 fully saturated rings. The predicted molar refractivity (Wildman–Crippen MR) is 251 cm³/mol. The first kappa shape index (κ1) is 33.5. The van der Waals surface area contributed by atoms with E-state index >= 15 is 0 Å². The number of rotatable bonds is 4. The number of benzene rings is 10. The van der Waals surface area contributed by atoms with E-state index in [4.69, 9.17) is 4.98 Å². The minimum atomic E-state index is 0.937. The van der Waals surface area contributed by atoms with E-state index in [0.717, 1.165) is 32.9 Å². The highest BCUT2D eigenvalue weighted by Crippen LogP contribution is 2.42. The zero-order valence-electron chi connectivity index (χ0n) is 32.4. The van der Waals surface area contributed by atoms with E-state index in [1.807, 2.05) is 18.5 Å². The van der Waals surface area contributed by atoms with Gasteiger partial charge in [0.25, 0.3) is 0 Å². The summed E-state index contributed by atoms with van der Waals surface area (Å²) in [5, 5.41) is 14.9. The molecule has 2 aromatic heterocycles. The lowest BCUT2D eigenvalue weighted by atomic mass is 9.88. The van der Waals surface area contributed by atoms with Crippen molar-refractivity contribution >= 4 is 75.7 Å². The maximum Gasteiger partial charge on any atom is 0.0964 e. The van der Waals surface area contributed by atoms with Gasteiger partial charge in [0.05, 0.1) is 11.0 Å². The number of fused-ring (bicyclic) bond motifs is 10. The molecule has 274 valence electrons. The van der Waals surface area contributed by atoms with Crippen molar-refractivity contribution in [2.75, 3.05) is 0 Å². The molecular formula is C57H36N2. The lowest BCUT2D eigenvalue weighted by Crippen LogP contribution is -1.89. The average molecular weight is 749 g/mol. The summed E-state index contributed by atoms with van der Waals surface area (Å²) >= 11 is 0. The molecule has 12 rings (SSSR count). The van der Waals surface area contributed by atoms with Crippen molar-refractivity contribution in [3.63, 3.8) is 0 Å². The molecule has 59 heavy (non-hydrogen) atoms. The number of aromatic nitrogens is 2. The van der Waals surface area contributed by atoms with Crippen molar-refractivity contribution in [3.8, 4) is 44.5 Å². The number of hydrogen-bond acceptors (Lipinski definition) is 2. The van der Waals surface area contributed by atoms with Gasteiger partial charge in [0.15, 0.2) is 0 Å². The summed E-state index contributed by atoms with van der Waals surface area (Å²) in [4.78, 5) is 9.41. The number of nitrogens with zero attached hydrogens (tertiary/aromatic N) is 2. The first-order valence-electron chi connectivity index (χ1n) is 20.3. The van der Waals surface area contributed by atoms with E-state index in [-0.39, 0.29) is 0 Å². The van der Waals surface area contributed by atoms with Gasteiger partial charge in [0, 0.05) is 28.7 Å². The molecule has 10 aromatic carbocycles. The van der Waals surface area contributed by atoms with E-state index in [0.29, 0.717) is 0 Å². The van der Waals surface area contributed by atoms with E-state index < -0.39 is 0 Å². The number of hydrogen-bond donors (Lipinski definition) is 0. The fraction of sp³-hybridized carbons (Fsp3) is 0.0175. The molecule has 0 aliphatic heterocycles. The minimum Gasteiger partial charge on any atom is -0.254 e. The molecule has 0 saturated carbocycles. The average Bonchev–Trinajstić information content (AvgIpc) is 3.30. The predicted octanol–water partition coefficient (Wildman–Crippen LogP) is 15.5. The van der Waals surface area contributed by atoms with Crippen LogP contribution in [0.1, 0.15) is 5.56 Å². The first-order chi connectivity index (χ1) is 29.1. The lowest BCUT2D eigenvalue weighted by molar-refractivity contribution is 1.37. The summed E-state index contributed by atoms with van der Waals surface area (Å²) in [7, 11) is 0. The maximum absolute atomic E-state index is 4.83. The summed E-state index contributed by atoms with van der Waals surface area (Å²) in [6.45, 7) is 2.23. The van der Waals surface area contributed by atoms with Crippen LogP contribution in [0, 0.1) is 6.92 Å². The van der Waals surface area contributed by atoms with Crippen LogP contribution in [0.3, 0.4) is 0 Å². The van der Waals surface area contributed by atoms with Gasteiger partial charge in [-0.25, -0.2) is 0 Å². The topological polar surface area (TPSA) is 25.8 Å². The third-order valence-corrected chi connectivity index (χ3v) is 12.4. The second-order valence-corrected chi connectivity index (χ2v) is 15.8. The molecule has 0 aliphatic carbocycles. The minimum absolute atomic E-state index is 0.937. The van der Waals surface area contributed by atoms with Crippen molar-refractivity contribution < 1.29 is 0 Å². The van der Waals surface area contributed by atoms with Gasteiger partial charge in [-0.05, 0) is 136 Å². The van der Waals surface area contributed by atoms with Crippen LogP contribution in [-0.2, 0) is 0 Å². The van der Waals surface area contributed by atoms with Crippen LogP contribution in [0.4, 0.5) is 0 Å². The summed E-state index contributed by atoms with van der Waals surface area (Å²) in [5.74, 6) is 0. The van der Waals surface area contributed by atoms with Crippen LogP contribution in [0.15, 0.2) is 200 Å². The van der Waals surface area contributed by atoms with Gasteiger partial charge in [0.1, 0.15) is 0 Å². The molecule has 2 heterocycles. The molecule has 12 aromatic rings. The largest absolute Gasteiger partial charge is 0.254 e. The Kier molecular flexibility index (Phi) is 7.48. The Bertz CT molecular complexity index is 3670. The molecule has 0 unspecified atom stereocenters. The number of aryl methyl sites for hydroxylation is 1. The van der Waals surface area contributed by atoms with Crippen molar-refractivity contribution in [2.45, 2.75) is 6.92 Å². The Morgan fingerprint density at radius 2 is 0.780 bits per heavy atom. The molecule has 0 aliphatic rings.